The van der Waals surface area contributed by atoms with Crippen LogP contribution in [0.3, 0.4) is 0 Å². The molecule has 330 valence electrons. The second kappa shape index (κ2) is 32.3. The van der Waals surface area contributed by atoms with E-state index in [0.29, 0.717) is 0 Å². The fourth-order valence-corrected chi connectivity index (χ4v) is 8.55. The van der Waals surface area contributed by atoms with Gasteiger partial charge >= 0.3 is 0 Å². The van der Waals surface area contributed by atoms with Crippen LogP contribution < -0.4 is 0 Å². The summed E-state index contributed by atoms with van der Waals surface area (Å²) >= 11 is 0. The van der Waals surface area contributed by atoms with E-state index in [1.54, 1.807) is 4.70 Å². The lowest BCUT2D eigenvalue weighted by molar-refractivity contribution is -0.345. The van der Waals surface area contributed by atoms with E-state index in [-0.39, 0.29) is 0 Å². The third kappa shape index (κ3) is 18.3. The predicted octanol–water partition coefficient (Wildman–Crippen LogP) is 18.4. The first kappa shape index (κ1) is 50.9. The second-order valence-electron chi connectivity index (χ2n) is 17.7. The molecule has 0 aromatic heterocycles. The Hall–Kier alpha value is -3.44. The molecule has 1 heterocycles. The number of benzene rings is 2. The van der Waals surface area contributed by atoms with Crippen molar-refractivity contribution in [2.24, 2.45) is 0 Å². The van der Waals surface area contributed by atoms with Crippen molar-refractivity contribution in [2.75, 3.05) is 0 Å². The van der Waals surface area contributed by atoms with Gasteiger partial charge < -0.3 is 5.53 Å². The Bertz CT molecular complexity index is 1700. The van der Waals surface area contributed by atoms with Crippen molar-refractivity contribution in [3.05, 3.63) is 111 Å². The van der Waals surface area contributed by atoms with Gasteiger partial charge in [0.15, 0.2) is 0 Å². The molecule has 0 amide bonds. The Labute approximate surface area is 371 Å². The van der Waals surface area contributed by atoms with Crippen LogP contribution in [0.15, 0.2) is 71.8 Å². The first-order chi connectivity index (χ1) is 29.5. The molecule has 0 radical (unpaired) electrons. The third-order valence-corrected chi connectivity index (χ3v) is 12.3. The number of hydrogen-bond donors (Lipinski definition) is 0. The highest BCUT2D eigenvalue weighted by Gasteiger charge is 2.37. The standard InChI is InChI=1S/C58H88N2/c1-7-13-19-23-26-28-30-33-39-51-45-43-49(37-17-11-5)47-55(51)57-53(41-35-22-16-10-4)54(42-36-32-25-21-15-9-3)58(60(57)59)56-48-50(38-18-12-6)44-46-52(56)40-34-31-29-27-24-20-14-8-2/h28-31,43-48H,7-27,32-35,37-41H2,1-6H3. The van der Waals surface area contributed by atoms with Crippen LogP contribution >= 0.6 is 0 Å². The zero-order valence-corrected chi connectivity index (χ0v) is 39.9. The molecule has 0 spiro atoms. The topological polar surface area (TPSA) is 25.3 Å². The van der Waals surface area contributed by atoms with Crippen LogP contribution in [-0.4, -0.2) is 4.70 Å². The summed E-state index contributed by atoms with van der Waals surface area (Å²) in [5, 5.41) is 0. The molecule has 3 rings (SSSR count). The molecule has 2 aromatic carbocycles. The van der Waals surface area contributed by atoms with Crippen molar-refractivity contribution in [1.29, 1.82) is 0 Å². The molecular weight excluding hydrogens is 725 g/mol. The van der Waals surface area contributed by atoms with Crippen molar-refractivity contribution in [3.8, 4) is 11.8 Å². The van der Waals surface area contributed by atoms with Crippen molar-refractivity contribution >= 4 is 11.4 Å². The summed E-state index contributed by atoms with van der Waals surface area (Å²) in [5.41, 5.74) is 25.0. The highest BCUT2D eigenvalue weighted by Crippen LogP contribution is 2.45. The van der Waals surface area contributed by atoms with E-state index in [4.69, 9.17) is 0 Å². The largest absolute Gasteiger partial charge is 0.493 e. The maximum absolute atomic E-state index is 13.0. The molecule has 1 aliphatic rings. The van der Waals surface area contributed by atoms with E-state index >= 15 is 0 Å². The van der Waals surface area contributed by atoms with Crippen LogP contribution in [0.1, 0.15) is 242 Å². The first-order valence-corrected chi connectivity index (χ1v) is 25.5. The molecule has 1 aliphatic heterocycles. The first-order valence-electron chi connectivity index (χ1n) is 25.5. The van der Waals surface area contributed by atoms with Gasteiger partial charge in [0.05, 0.1) is 5.56 Å². The summed E-state index contributed by atoms with van der Waals surface area (Å²) < 4.78 is 1.63. The van der Waals surface area contributed by atoms with Gasteiger partial charge in [-0.1, -0.05) is 192 Å². The monoisotopic (exact) mass is 813 g/mol. The molecule has 60 heavy (non-hydrogen) atoms. The van der Waals surface area contributed by atoms with Crippen molar-refractivity contribution < 1.29 is 4.70 Å². The van der Waals surface area contributed by atoms with Gasteiger partial charge in [0.25, 0.3) is 0 Å². The van der Waals surface area contributed by atoms with E-state index in [2.05, 4.69) is 114 Å². The Balaban J connectivity index is 2.21. The quantitative estimate of drug-likeness (QED) is 0.0297. The van der Waals surface area contributed by atoms with Crippen LogP contribution in [0, 0.1) is 11.8 Å². The number of nitrogens with zero attached hydrogens (tertiary/aromatic N) is 2. The number of aryl methyl sites for hydroxylation is 4. The van der Waals surface area contributed by atoms with E-state index in [1.807, 2.05) is 0 Å². The number of rotatable bonds is 33. The fraction of sp³-hybridized carbons (Fsp3) is 0.621. The van der Waals surface area contributed by atoms with E-state index in [1.165, 1.54) is 167 Å². The maximum Gasteiger partial charge on any atom is 0.223 e. The predicted molar refractivity (Wildman–Crippen MR) is 265 cm³/mol. The molecule has 0 unspecified atom stereocenters. The third-order valence-electron chi connectivity index (χ3n) is 12.3. The van der Waals surface area contributed by atoms with E-state index < -0.39 is 0 Å². The summed E-state index contributed by atoms with van der Waals surface area (Å²) in [4.78, 5) is 0. The van der Waals surface area contributed by atoms with Crippen LogP contribution in [-0.2, 0) is 25.7 Å². The average Bonchev–Trinajstić information content (AvgIpc) is 3.53. The smallest absolute Gasteiger partial charge is 0.223 e. The summed E-state index contributed by atoms with van der Waals surface area (Å²) in [7, 11) is 0. The van der Waals surface area contributed by atoms with Gasteiger partial charge in [-0.3, -0.25) is 0 Å². The SMILES string of the molecule is CCCCCCC#CC1=C(c2cc(CCCC)ccc2CCC=CCCCCCC)[N+](=[N-])C(c2cc(CCCC)ccc2CCC=CCCCCCC)=C1CCCCCC. The molecule has 0 saturated heterocycles. The van der Waals surface area contributed by atoms with Crippen molar-refractivity contribution in [3.63, 3.8) is 0 Å². The molecular formula is C58H88N2. The fourth-order valence-electron chi connectivity index (χ4n) is 8.55. The lowest BCUT2D eigenvalue weighted by Gasteiger charge is -2.16. The van der Waals surface area contributed by atoms with E-state index in [9.17, 15) is 5.53 Å². The van der Waals surface area contributed by atoms with Gasteiger partial charge in [-0.05, 0) is 131 Å². The minimum atomic E-state index is 0.898. The summed E-state index contributed by atoms with van der Waals surface area (Å²) in [6.45, 7) is 13.7. The Morgan fingerprint density at radius 1 is 0.450 bits per heavy atom. The molecule has 0 bridgehead atoms. The number of hydrogen-bond acceptors (Lipinski definition) is 0. The van der Waals surface area contributed by atoms with Crippen molar-refractivity contribution in [2.45, 2.75) is 234 Å². The summed E-state index contributed by atoms with van der Waals surface area (Å²) in [5.74, 6) is 7.49. The van der Waals surface area contributed by atoms with E-state index in [0.717, 1.165) is 81.2 Å². The zero-order valence-electron chi connectivity index (χ0n) is 39.9. The molecule has 2 heteroatoms. The lowest BCUT2D eigenvalue weighted by Crippen LogP contribution is -2.08. The highest BCUT2D eigenvalue weighted by molar-refractivity contribution is 5.87. The zero-order chi connectivity index (χ0) is 43.0. The average molecular weight is 813 g/mol. The molecule has 0 aliphatic carbocycles. The maximum atomic E-state index is 13.0. The molecule has 0 atom stereocenters. The van der Waals surface area contributed by atoms with Crippen molar-refractivity contribution in [1.82, 2.24) is 0 Å². The van der Waals surface area contributed by atoms with Gasteiger partial charge in [0, 0.05) is 17.6 Å². The summed E-state index contributed by atoms with van der Waals surface area (Å²) in [6.07, 6.45) is 44.5. The van der Waals surface area contributed by atoms with Crippen LogP contribution in [0.25, 0.3) is 16.9 Å². The van der Waals surface area contributed by atoms with Crippen LogP contribution in [0.4, 0.5) is 0 Å². The van der Waals surface area contributed by atoms with Gasteiger partial charge in [-0.2, -0.15) is 0 Å². The second-order valence-corrected chi connectivity index (χ2v) is 17.7. The molecule has 0 saturated carbocycles. The van der Waals surface area contributed by atoms with Gasteiger partial charge in [0.2, 0.25) is 11.4 Å². The Morgan fingerprint density at radius 3 is 1.40 bits per heavy atom. The number of unbranched alkanes of at least 4 members (excludes halogenated alkanes) is 17. The molecule has 0 N–H and O–H groups in total. The summed E-state index contributed by atoms with van der Waals surface area (Å²) in [6, 6.07) is 14.3. The van der Waals surface area contributed by atoms with Crippen LogP contribution in [0.5, 0.6) is 0 Å². The lowest BCUT2D eigenvalue weighted by atomic mass is 9.90. The normalized spacial score (nSPS) is 13.1. The van der Waals surface area contributed by atoms with Gasteiger partial charge in [-0.25, -0.2) is 4.70 Å². The minimum absolute atomic E-state index is 0.898. The molecule has 2 nitrogen and oxygen atoms in total. The minimum Gasteiger partial charge on any atom is -0.493 e. The van der Waals surface area contributed by atoms with Crippen LogP contribution in [0.2, 0.25) is 0 Å². The molecule has 0 fully saturated rings. The van der Waals surface area contributed by atoms with Gasteiger partial charge in [0.1, 0.15) is 5.57 Å². The Morgan fingerprint density at radius 2 is 0.900 bits per heavy atom. The number of allylic oxidation sites excluding steroid dienone is 6. The highest BCUT2D eigenvalue weighted by atomic mass is 15.2. The molecule has 2 aromatic rings. The van der Waals surface area contributed by atoms with Gasteiger partial charge in [-0.15, -0.1) is 0 Å². The Kier molecular flexibility index (Phi) is 27.4.